The van der Waals surface area contributed by atoms with Gasteiger partial charge in [0.15, 0.2) is 0 Å². The monoisotopic (exact) mass is 373 g/mol. The standard InChI is InChI=1S/C17H22F3N3O3/c1-9(2)14(22-10(3)24)16(26)23-13(15(21)25)8-11-5-4-6-12(7-11)17(18,19)20/h4-7,9,13-14H,8H2,1-3H3,(H2,21,25)(H,22,24)(H,23,26)/t13-,14+/m0/s1. The van der Waals surface area contributed by atoms with Crippen molar-refractivity contribution in [3.8, 4) is 0 Å². The summed E-state index contributed by atoms with van der Waals surface area (Å²) in [6.07, 6.45) is -4.72. The van der Waals surface area contributed by atoms with E-state index in [9.17, 15) is 27.6 Å². The quantitative estimate of drug-likeness (QED) is 0.673. The second kappa shape index (κ2) is 8.68. The number of amides is 3. The lowest BCUT2D eigenvalue weighted by Crippen LogP contribution is -2.55. The number of hydrogen-bond donors (Lipinski definition) is 3. The Kier molecular flexibility index (Phi) is 7.17. The van der Waals surface area contributed by atoms with Crippen molar-refractivity contribution in [1.82, 2.24) is 10.6 Å². The van der Waals surface area contributed by atoms with Gasteiger partial charge in [-0.25, -0.2) is 0 Å². The molecule has 0 radical (unpaired) electrons. The molecule has 0 heterocycles. The third kappa shape index (κ3) is 6.38. The van der Waals surface area contributed by atoms with Gasteiger partial charge in [0.2, 0.25) is 17.7 Å². The molecule has 0 aliphatic rings. The fourth-order valence-corrected chi connectivity index (χ4v) is 2.35. The SMILES string of the molecule is CC(=O)N[C@@H](C(=O)N[C@@H](Cc1cccc(C(F)(F)F)c1)C(N)=O)C(C)C. The summed E-state index contributed by atoms with van der Waals surface area (Å²) in [6, 6.07) is 2.33. The number of halogens is 3. The zero-order chi connectivity index (χ0) is 20.1. The van der Waals surface area contributed by atoms with E-state index in [4.69, 9.17) is 5.73 Å². The number of rotatable bonds is 7. The first-order chi connectivity index (χ1) is 11.9. The van der Waals surface area contributed by atoms with Gasteiger partial charge in [-0.05, 0) is 17.5 Å². The minimum atomic E-state index is -4.52. The molecule has 6 nitrogen and oxygen atoms in total. The molecule has 1 aromatic rings. The molecule has 0 fully saturated rings. The van der Waals surface area contributed by atoms with Crippen LogP contribution in [0.1, 0.15) is 31.9 Å². The van der Waals surface area contributed by atoms with Crippen molar-refractivity contribution in [2.75, 3.05) is 0 Å². The average Bonchev–Trinajstić information content (AvgIpc) is 2.50. The van der Waals surface area contributed by atoms with Gasteiger partial charge in [-0.2, -0.15) is 13.2 Å². The van der Waals surface area contributed by atoms with E-state index in [1.54, 1.807) is 13.8 Å². The Labute approximate surface area is 149 Å². The van der Waals surface area contributed by atoms with Gasteiger partial charge in [-0.1, -0.05) is 32.0 Å². The summed E-state index contributed by atoms with van der Waals surface area (Å²) in [5, 5.41) is 4.86. The molecule has 0 saturated carbocycles. The highest BCUT2D eigenvalue weighted by molar-refractivity contribution is 5.91. The van der Waals surface area contributed by atoms with E-state index >= 15 is 0 Å². The van der Waals surface area contributed by atoms with Crippen molar-refractivity contribution in [2.24, 2.45) is 11.7 Å². The number of benzene rings is 1. The first-order valence-electron chi connectivity index (χ1n) is 7.94. The first-order valence-corrected chi connectivity index (χ1v) is 7.94. The molecule has 0 saturated heterocycles. The summed E-state index contributed by atoms with van der Waals surface area (Å²) < 4.78 is 38.4. The van der Waals surface area contributed by atoms with Crippen LogP contribution in [0.5, 0.6) is 0 Å². The summed E-state index contributed by atoms with van der Waals surface area (Å²) in [5.41, 5.74) is 4.61. The molecule has 144 valence electrons. The normalized spacial score (nSPS) is 13.8. The maximum absolute atomic E-state index is 12.8. The van der Waals surface area contributed by atoms with Crippen molar-refractivity contribution < 1.29 is 27.6 Å². The molecule has 1 rings (SSSR count). The topological polar surface area (TPSA) is 101 Å². The maximum Gasteiger partial charge on any atom is 0.416 e. The molecule has 0 aliphatic heterocycles. The molecule has 26 heavy (non-hydrogen) atoms. The van der Waals surface area contributed by atoms with Gasteiger partial charge in [-0.15, -0.1) is 0 Å². The molecular formula is C17H22F3N3O3. The fraction of sp³-hybridized carbons (Fsp3) is 0.471. The zero-order valence-corrected chi connectivity index (χ0v) is 14.7. The van der Waals surface area contributed by atoms with Crippen molar-refractivity contribution in [1.29, 1.82) is 0 Å². The van der Waals surface area contributed by atoms with Crippen molar-refractivity contribution in [2.45, 2.75) is 45.5 Å². The van der Waals surface area contributed by atoms with E-state index in [0.29, 0.717) is 0 Å². The molecule has 0 unspecified atom stereocenters. The average molecular weight is 373 g/mol. The molecule has 3 amide bonds. The Morgan fingerprint density at radius 3 is 2.23 bits per heavy atom. The van der Waals surface area contributed by atoms with Crippen molar-refractivity contribution in [3.05, 3.63) is 35.4 Å². The fourth-order valence-electron chi connectivity index (χ4n) is 2.35. The van der Waals surface area contributed by atoms with E-state index in [-0.39, 0.29) is 17.9 Å². The van der Waals surface area contributed by atoms with E-state index in [2.05, 4.69) is 10.6 Å². The van der Waals surface area contributed by atoms with Gasteiger partial charge >= 0.3 is 6.18 Å². The summed E-state index contributed by atoms with van der Waals surface area (Å²) >= 11 is 0. The highest BCUT2D eigenvalue weighted by Gasteiger charge is 2.31. The van der Waals surface area contributed by atoms with Gasteiger partial charge in [0.1, 0.15) is 12.1 Å². The van der Waals surface area contributed by atoms with Crippen LogP contribution in [0, 0.1) is 5.92 Å². The van der Waals surface area contributed by atoms with Crippen LogP contribution in [-0.4, -0.2) is 29.8 Å². The van der Waals surface area contributed by atoms with Crippen LogP contribution >= 0.6 is 0 Å². The maximum atomic E-state index is 12.8. The van der Waals surface area contributed by atoms with Crippen molar-refractivity contribution in [3.63, 3.8) is 0 Å². The largest absolute Gasteiger partial charge is 0.416 e. The predicted molar refractivity (Wildman–Crippen MR) is 88.7 cm³/mol. The minimum absolute atomic E-state index is 0.199. The van der Waals surface area contributed by atoms with E-state index in [1.165, 1.54) is 19.1 Å². The van der Waals surface area contributed by atoms with Crippen molar-refractivity contribution >= 4 is 17.7 Å². The number of nitrogens with one attached hydrogen (secondary N) is 2. The second-order valence-corrected chi connectivity index (χ2v) is 6.29. The van der Waals surface area contributed by atoms with Crippen LogP contribution in [0.2, 0.25) is 0 Å². The number of alkyl halides is 3. The van der Waals surface area contributed by atoms with Gasteiger partial charge in [0, 0.05) is 13.3 Å². The molecule has 2 atom stereocenters. The third-order valence-corrected chi connectivity index (χ3v) is 3.66. The Balaban J connectivity index is 2.95. The van der Waals surface area contributed by atoms with E-state index in [0.717, 1.165) is 12.1 Å². The number of nitrogens with two attached hydrogens (primary N) is 1. The Hall–Kier alpha value is -2.58. The van der Waals surface area contributed by atoms with Crippen LogP contribution in [0.25, 0.3) is 0 Å². The van der Waals surface area contributed by atoms with Gasteiger partial charge in [-0.3, -0.25) is 14.4 Å². The molecule has 1 aromatic carbocycles. The second-order valence-electron chi connectivity index (χ2n) is 6.29. The molecule has 0 spiro atoms. The molecule has 0 aromatic heterocycles. The zero-order valence-electron chi connectivity index (χ0n) is 14.7. The Morgan fingerprint density at radius 1 is 1.15 bits per heavy atom. The summed E-state index contributed by atoms with van der Waals surface area (Å²) in [5.74, 6) is -2.21. The summed E-state index contributed by atoms with van der Waals surface area (Å²) in [7, 11) is 0. The molecule has 0 aliphatic carbocycles. The highest BCUT2D eigenvalue weighted by Crippen LogP contribution is 2.29. The smallest absolute Gasteiger partial charge is 0.368 e. The van der Waals surface area contributed by atoms with Crippen LogP contribution < -0.4 is 16.4 Å². The van der Waals surface area contributed by atoms with Crippen LogP contribution in [0.3, 0.4) is 0 Å². The Morgan fingerprint density at radius 2 is 1.77 bits per heavy atom. The van der Waals surface area contributed by atoms with E-state index < -0.39 is 41.5 Å². The summed E-state index contributed by atoms with van der Waals surface area (Å²) in [4.78, 5) is 35.2. The predicted octanol–water partition coefficient (Wildman–Crippen LogP) is 1.38. The van der Waals surface area contributed by atoms with Crippen LogP contribution in [-0.2, 0) is 27.0 Å². The minimum Gasteiger partial charge on any atom is -0.368 e. The first kappa shape index (κ1) is 21.5. The van der Waals surface area contributed by atoms with Crippen LogP contribution in [0.15, 0.2) is 24.3 Å². The molecule has 0 bridgehead atoms. The van der Waals surface area contributed by atoms with Crippen LogP contribution in [0.4, 0.5) is 13.2 Å². The lowest BCUT2D eigenvalue weighted by Gasteiger charge is -2.24. The summed E-state index contributed by atoms with van der Waals surface area (Å²) in [6.45, 7) is 4.65. The third-order valence-electron chi connectivity index (χ3n) is 3.66. The van der Waals surface area contributed by atoms with Gasteiger partial charge in [0.25, 0.3) is 0 Å². The number of hydrogen-bond acceptors (Lipinski definition) is 3. The van der Waals surface area contributed by atoms with Gasteiger partial charge < -0.3 is 16.4 Å². The Bertz CT molecular complexity index is 675. The number of carbonyl (C=O) groups is 3. The molecule has 9 heteroatoms. The highest BCUT2D eigenvalue weighted by atomic mass is 19.4. The van der Waals surface area contributed by atoms with Gasteiger partial charge in [0.05, 0.1) is 5.56 Å². The molecular weight excluding hydrogens is 351 g/mol. The van der Waals surface area contributed by atoms with E-state index in [1.807, 2.05) is 0 Å². The number of carbonyl (C=O) groups excluding carboxylic acids is 3. The number of primary amides is 1. The lowest BCUT2D eigenvalue weighted by atomic mass is 10.00. The molecule has 4 N–H and O–H groups in total. The lowest BCUT2D eigenvalue weighted by molar-refractivity contribution is -0.137.